The van der Waals surface area contributed by atoms with E-state index in [2.05, 4.69) is 78.9 Å². The van der Waals surface area contributed by atoms with Gasteiger partial charge in [-0.2, -0.15) is 0 Å². The second-order valence-electron chi connectivity index (χ2n) is 11.5. The highest BCUT2D eigenvalue weighted by molar-refractivity contribution is 5.87. The number of aryl methyl sites for hydroxylation is 1. The third-order valence-corrected chi connectivity index (χ3v) is 8.17. The summed E-state index contributed by atoms with van der Waals surface area (Å²) >= 11 is 0. The lowest BCUT2D eigenvalue weighted by molar-refractivity contribution is 1.07. The van der Waals surface area contributed by atoms with Crippen LogP contribution in [0.3, 0.4) is 0 Å². The molecule has 222 valence electrons. The number of aromatic nitrogens is 5. The van der Waals surface area contributed by atoms with Gasteiger partial charge < -0.3 is 0 Å². The molecule has 0 saturated carbocycles. The lowest BCUT2D eigenvalue weighted by atomic mass is 9.97. The van der Waals surface area contributed by atoms with Crippen LogP contribution in [0.25, 0.3) is 78.6 Å². The summed E-state index contributed by atoms with van der Waals surface area (Å²) in [4.78, 5) is 24.9. The zero-order valence-electron chi connectivity index (χ0n) is 25.7. The van der Waals surface area contributed by atoms with Crippen LogP contribution >= 0.6 is 0 Å². The summed E-state index contributed by atoms with van der Waals surface area (Å²) in [7, 11) is 0. The zero-order valence-corrected chi connectivity index (χ0v) is 25.7. The van der Waals surface area contributed by atoms with Crippen molar-refractivity contribution in [2.24, 2.45) is 0 Å². The largest absolute Gasteiger partial charge is 0.256 e. The van der Waals surface area contributed by atoms with Crippen molar-refractivity contribution in [2.45, 2.75) is 6.92 Å². The minimum atomic E-state index is 0.581. The van der Waals surface area contributed by atoms with Crippen LogP contribution in [0.15, 0.2) is 158 Å². The van der Waals surface area contributed by atoms with Gasteiger partial charge in [-0.15, -0.1) is 0 Å². The van der Waals surface area contributed by atoms with Crippen molar-refractivity contribution in [1.29, 1.82) is 0 Å². The highest BCUT2D eigenvalue weighted by Gasteiger charge is 2.16. The average molecular weight is 604 g/mol. The molecule has 3 aromatic heterocycles. The molecule has 0 amide bonds. The maximum atomic E-state index is 5.04. The summed E-state index contributed by atoms with van der Waals surface area (Å²) in [5.74, 6) is 1.81. The minimum absolute atomic E-state index is 0.581. The molecular weight excluding hydrogens is 574 g/mol. The van der Waals surface area contributed by atoms with Crippen LogP contribution in [0.1, 0.15) is 5.69 Å². The van der Waals surface area contributed by atoms with E-state index in [4.69, 9.17) is 24.9 Å². The Morgan fingerprint density at radius 3 is 1.45 bits per heavy atom. The standard InChI is InChI=1S/C42H29N5/c1-28-21-34(29-13-5-2-6-14-29)26-39(44-28)36-22-35(38-25-32-19-11-12-20-33(32)27-43-38)23-37(24-36)42-46-40(30-15-7-3-8-16-30)45-41(47-42)31-17-9-4-10-18-31/h2-27H,1H3. The molecule has 5 aromatic carbocycles. The predicted molar refractivity (Wildman–Crippen MR) is 190 cm³/mol. The van der Waals surface area contributed by atoms with E-state index in [-0.39, 0.29) is 0 Å². The summed E-state index contributed by atoms with van der Waals surface area (Å²) < 4.78 is 0. The van der Waals surface area contributed by atoms with Gasteiger partial charge in [-0.05, 0) is 59.8 Å². The SMILES string of the molecule is Cc1cc(-c2ccccc2)cc(-c2cc(-c3cc4ccccc4cn3)cc(-c3nc(-c4ccccc4)nc(-c4ccccc4)n3)c2)n1. The molecule has 0 atom stereocenters. The van der Waals surface area contributed by atoms with Gasteiger partial charge >= 0.3 is 0 Å². The minimum Gasteiger partial charge on any atom is -0.256 e. The molecule has 0 spiro atoms. The van der Waals surface area contributed by atoms with Gasteiger partial charge in [0.25, 0.3) is 0 Å². The molecule has 0 N–H and O–H groups in total. The Bertz CT molecular complexity index is 2300. The first-order valence-electron chi connectivity index (χ1n) is 15.6. The zero-order chi connectivity index (χ0) is 31.6. The topological polar surface area (TPSA) is 64.5 Å². The Morgan fingerprint density at radius 1 is 0.340 bits per heavy atom. The van der Waals surface area contributed by atoms with Gasteiger partial charge in [-0.1, -0.05) is 115 Å². The number of hydrogen-bond acceptors (Lipinski definition) is 5. The normalized spacial score (nSPS) is 11.1. The van der Waals surface area contributed by atoms with E-state index in [0.717, 1.165) is 66.8 Å². The van der Waals surface area contributed by atoms with Crippen molar-refractivity contribution in [3.63, 3.8) is 0 Å². The van der Waals surface area contributed by atoms with Crippen LogP contribution in [0.5, 0.6) is 0 Å². The summed E-state index contributed by atoms with van der Waals surface area (Å²) in [6, 6.07) is 51.6. The molecule has 0 unspecified atom stereocenters. The Morgan fingerprint density at radius 2 is 0.830 bits per heavy atom. The molecular formula is C42H29N5. The molecule has 8 rings (SSSR count). The van der Waals surface area contributed by atoms with E-state index in [1.165, 1.54) is 0 Å². The molecule has 47 heavy (non-hydrogen) atoms. The fourth-order valence-corrected chi connectivity index (χ4v) is 5.85. The Balaban J connectivity index is 1.36. The summed E-state index contributed by atoms with van der Waals surface area (Å²) in [5.41, 5.74) is 9.54. The van der Waals surface area contributed by atoms with Crippen molar-refractivity contribution in [2.75, 3.05) is 0 Å². The van der Waals surface area contributed by atoms with Gasteiger partial charge in [0.1, 0.15) is 0 Å². The monoisotopic (exact) mass is 603 g/mol. The molecule has 0 aliphatic rings. The summed E-state index contributed by atoms with van der Waals surface area (Å²) in [5, 5.41) is 2.22. The van der Waals surface area contributed by atoms with Crippen molar-refractivity contribution in [3.8, 4) is 67.8 Å². The quantitative estimate of drug-likeness (QED) is 0.189. The van der Waals surface area contributed by atoms with Crippen LogP contribution in [0.4, 0.5) is 0 Å². The van der Waals surface area contributed by atoms with E-state index >= 15 is 0 Å². The van der Waals surface area contributed by atoms with Gasteiger partial charge in [-0.3, -0.25) is 9.97 Å². The predicted octanol–water partition coefficient (Wildman–Crippen LogP) is 10.1. The maximum absolute atomic E-state index is 5.04. The number of pyridine rings is 2. The lowest BCUT2D eigenvalue weighted by Crippen LogP contribution is -2.01. The number of rotatable bonds is 6. The number of nitrogens with zero attached hydrogens (tertiary/aromatic N) is 5. The van der Waals surface area contributed by atoms with Crippen molar-refractivity contribution in [3.05, 3.63) is 164 Å². The lowest BCUT2D eigenvalue weighted by Gasteiger charge is -2.13. The molecule has 0 saturated heterocycles. The molecule has 0 fully saturated rings. The first-order valence-corrected chi connectivity index (χ1v) is 15.6. The Kier molecular flexibility index (Phi) is 7.32. The molecule has 0 aliphatic heterocycles. The third-order valence-electron chi connectivity index (χ3n) is 8.17. The first-order chi connectivity index (χ1) is 23.2. The van der Waals surface area contributed by atoms with Crippen LogP contribution in [-0.4, -0.2) is 24.9 Å². The van der Waals surface area contributed by atoms with Crippen molar-refractivity contribution < 1.29 is 0 Å². The van der Waals surface area contributed by atoms with E-state index in [0.29, 0.717) is 17.5 Å². The molecule has 5 nitrogen and oxygen atoms in total. The smallest absolute Gasteiger partial charge is 0.164 e. The fraction of sp³-hybridized carbons (Fsp3) is 0.0238. The average Bonchev–Trinajstić information content (AvgIpc) is 3.15. The van der Waals surface area contributed by atoms with Gasteiger partial charge in [0.05, 0.1) is 11.4 Å². The van der Waals surface area contributed by atoms with Gasteiger partial charge in [0, 0.05) is 45.1 Å². The highest BCUT2D eigenvalue weighted by Crippen LogP contribution is 2.34. The van der Waals surface area contributed by atoms with E-state index in [9.17, 15) is 0 Å². The Labute approximate surface area is 273 Å². The van der Waals surface area contributed by atoms with Gasteiger partial charge in [0.15, 0.2) is 17.5 Å². The van der Waals surface area contributed by atoms with Crippen LogP contribution in [0, 0.1) is 6.92 Å². The van der Waals surface area contributed by atoms with E-state index in [1.807, 2.05) is 85.9 Å². The van der Waals surface area contributed by atoms with E-state index < -0.39 is 0 Å². The van der Waals surface area contributed by atoms with Gasteiger partial charge in [-0.25, -0.2) is 15.0 Å². The second-order valence-corrected chi connectivity index (χ2v) is 11.5. The van der Waals surface area contributed by atoms with Crippen LogP contribution in [-0.2, 0) is 0 Å². The third kappa shape index (κ3) is 5.90. The molecule has 0 bridgehead atoms. The fourth-order valence-electron chi connectivity index (χ4n) is 5.85. The molecule has 3 heterocycles. The molecule has 0 radical (unpaired) electrons. The number of fused-ring (bicyclic) bond motifs is 1. The van der Waals surface area contributed by atoms with Crippen LogP contribution < -0.4 is 0 Å². The maximum Gasteiger partial charge on any atom is 0.164 e. The highest BCUT2D eigenvalue weighted by atomic mass is 15.0. The summed E-state index contributed by atoms with van der Waals surface area (Å²) in [6.45, 7) is 2.04. The van der Waals surface area contributed by atoms with Crippen molar-refractivity contribution >= 4 is 10.8 Å². The molecule has 5 heteroatoms. The second kappa shape index (κ2) is 12.2. The first kappa shape index (κ1) is 28.2. The van der Waals surface area contributed by atoms with E-state index in [1.54, 1.807) is 0 Å². The Hall–Kier alpha value is -6.33. The number of hydrogen-bond donors (Lipinski definition) is 0. The molecule has 8 aromatic rings. The summed E-state index contributed by atoms with van der Waals surface area (Å²) in [6.07, 6.45) is 1.93. The van der Waals surface area contributed by atoms with Crippen molar-refractivity contribution in [1.82, 2.24) is 24.9 Å². The number of benzene rings is 5. The van der Waals surface area contributed by atoms with Gasteiger partial charge in [0.2, 0.25) is 0 Å². The molecule has 0 aliphatic carbocycles. The van der Waals surface area contributed by atoms with Crippen LogP contribution in [0.2, 0.25) is 0 Å².